The highest BCUT2D eigenvalue weighted by Gasteiger charge is 2.16. The summed E-state index contributed by atoms with van der Waals surface area (Å²) in [6.07, 6.45) is 1.47. The predicted octanol–water partition coefficient (Wildman–Crippen LogP) is 3.56. The molecule has 0 bridgehead atoms. The number of halogens is 1. The second kappa shape index (κ2) is 7.61. The maximum Gasteiger partial charge on any atom is 0.341 e. The molecule has 2 aromatic carbocycles. The number of nitrogens with zero attached hydrogens (tertiary/aromatic N) is 2. The zero-order valence-electron chi connectivity index (χ0n) is 13.7. The molecule has 128 valence electrons. The zero-order valence-corrected chi connectivity index (χ0v) is 13.7. The van der Waals surface area contributed by atoms with Crippen molar-refractivity contribution in [3.8, 4) is 11.4 Å². The van der Waals surface area contributed by atoms with E-state index in [0.29, 0.717) is 11.3 Å². The fraction of sp³-hybridized carbons (Fsp3) is 0.158. The number of para-hydroxylation sites is 2. The van der Waals surface area contributed by atoms with Crippen LogP contribution in [0.5, 0.6) is 5.75 Å². The van der Waals surface area contributed by atoms with Gasteiger partial charge in [-0.2, -0.15) is 5.10 Å². The van der Waals surface area contributed by atoms with Crippen LogP contribution in [0.3, 0.4) is 0 Å². The van der Waals surface area contributed by atoms with E-state index in [0.717, 1.165) is 5.69 Å². The van der Waals surface area contributed by atoms with Crippen LogP contribution in [0, 0.1) is 12.7 Å². The minimum absolute atomic E-state index is 0.0170. The van der Waals surface area contributed by atoms with Crippen molar-refractivity contribution in [2.75, 3.05) is 13.2 Å². The molecule has 0 aliphatic rings. The zero-order chi connectivity index (χ0) is 17.6. The van der Waals surface area contributed by atoms with Crippen LogP contribution in [-0.2, 0) is 4.74 Å². The fourth-order valence-electron chi connectivity index (χ4n) is 2.37. The van der Waals surface area contributed by atoms with Gasteiger partial charge in [-0.1, -0.05) is 30.3 Å². The van der Waals surface area contributed by atoms with Gasteiger partial charge in [0.15, 0.2) is 11.6 Å². The van der Waals surface area contributed by atoms with E-state index in [1.165, 1.54) is 18.3 Å². The van der Waals surface area contributed by atoms with Gasteiger partial charge in [-0.3, -0.25) is 0 Å². The normalized spacial score (nSPS) is 10.5. The molecule has 25 heavy (non-hydrogen) atoms. The molecule has 0 saturated carbocycles. The Morgan fingerprint density at radius 2 is 1.80 bits per heavy atom. The Bertz CT molecular complexity index is 862. The van der Waals surface area contributed by atoms with Gasteiger partial charge in [0.25, 0.3) is 0 Å². The van der Waals surface area contributed by atoms with E-state index >= 15 is 0 Å². The van der Waals surface area contributed by atoms with Crippen LogP contribution in [0.15, 0.2) is 60.8 Å². The summed E-state index contributed by atoms with van der Waals surface area (Å²) in [6, 6.07) is 15.6. The number of ether oxygens (including phenoxy) is 2. The number of aromatic nitrogens is 2. The summed E-state index contributed by atoms with van der Waals surface area (Å²) in [4.78, 5) is 12.2. The summed E-state index contributed by atoms with van der Waals surface area (Å²) in [7, 11) is 0. The van der Waals surface area contributed by atoms with Crippen LogP contribution in [0.25, 0.3) is 5.69 Å². The van der Waals surface area contributed by atoms with Crippen molar-refractivity contribution in [3.05, 3.63) is 77.9 Å². The number of carbonyl (C=O) groups excluding carboxylic acids is 1. The third-order valence-electron chi connectivity index (χ3n) is 3.64. The van der Waals surface area contributed by atoms with Crippen molar-refractivity contribution in [2.45, 2.75) is 6.92 Å². The average Bonchev–Trinajstić information content (AvgIpc) is 3.02. The lowest BCUT2D eigenvalue weighted by atomic mass is 10.2. The molecule has 1 aromatic heterocycles. The number of rotatable bonds is 6. The summed E-state index contributed by atoms with van der Waals surface area (Å²) >= 11 is 0. The molecule has 0 aliphatic carbocycles. The fourth-order valence-corrected chi connectivity index (χ4v) is 2.37. The molecule has 5 nitrogen and oxygen atoms in total. The van der Waals surface area contributed by atoms with E-state index in [-0.39, 0.29) is 19.0 Å². The van der Waals surface area contributed by atoms with E-state index in [1.54, 1.807) is 23.7 Å². The topological polar surface area (TPSA) is 53.4 Å². The summed E-state index contributed by atoms with van der Waals surface area (Å²) in [5.41, 5.74) is 1.93. The molecule has 1 heterocycles. The van der Waals surface area contributed by atoms with Gasteiger partial charge in [-0.25, -0.2) is 13.9 Å². The number of carbonyl (C=O) groups is 1. The molecule has 3 aromatic rings. The highest BCUT2D eigenvalue weighted by molar-refractivity contribution is 5.90. The SMILES string of the molecule is Cc1c(C(=O)OCCOc2ccccc2F)cnn1-c1ccccc1. The van der Waals surface area contributed by atoms with Crippen LogP contribution in [-0.4, -0.2) is 29.0 Å². The van der Waals surface area contributed by atoms with Gasteiger partial charge in [-0.15, -0.1) is 0 Å². The third kappa shape index (κ3) is 3.85. The Morgan fingerprint density at radius 3 is 2.56 bits per heavy atom. The molecule has 0 unspecified atom stereocenters. The summed E-state index contributed by atoms with van der Waals surface area (Å²) < 4.78 is 25.5. The first-order chi connectivity index (χ1) is 12.2. The standard InChI is InChI=1S/C19H17FN2O3/c1-14-16(13-21-22(14)15-7-3-2-4-8-15)19(23)25-12-11-24-18-10-6-5-9-17(18)20/h2-10,13H,11-12H2,1H3. The van der Waals surface area contributed by atoms with Crippen molar-refractivity contribution >= 4 is 5.97 Å². The molecule has 0 N–H and O–H groups in total. The van der Waals surface area contributed by atoms with Gasteiger partial charge >= 0.3 is 5.97 Å². The molecule has 0 fully saturated rings. The molecule has 0 amide bonds. The van der Waals surface area contributed by atoms with Crippen LogP contribution in [0.4, 0.5) is 4.39 Å². The quantitative estimate of drug-likeness (QED) is 0.509. The third-order valence-corrected chi connectivity index (χ3v) is 3.64. The van der Waals surface area contributed by atoms with E-state index in [1.807, 2.05) is 30.3 Å². The minimum atomic E-state index is -0.489. The molecule has 0 saturated heterocycles. The molecule has 0 radical (unpaired) electrons. The van der Waals surface area contributed by atoms with E-state index in [2.05, 4.69) is 5.10 Å². The van der Waals surface area contributed by atoms with E-state index in [9.17, 15) is 9.18 Å². The number of benzene rings is 2. The Hall–Kier alpha value is -3.15. The highest BCUT2D eigenvalue weighted by Crippen LogP contribution is 2.16. The average molecular weight is 340 g/mol. The van der Waals surface area contributed by atoms with Gasteiger partial charge in [0.05, 0.1) is 17.6 Å². The van der Waals surface area contributed by atoms with E-state index in [4.69, 9.17) is 9.47 Å². The van der Waals surface area contributed by atoms with Gasteiger partial charge in [0, 0.05) is 0 Å². The maximum atomic E-state index is 13.4. The smallest absolute Gasteiger partial charge is 0.341 e. The summed E-state index contributed by atoms with van der Waals surface area (Å²) in [5, 5.41) is 4.23. The van der Waals surface area contributed by atoms with Crippen LogP contribution < -0.4 is 4.74 Å². The van der Waals surface area contributed by atoms with Crippen LogP contribution in [0.1, 0.15) is 16.1 Å². The molecular weight excluding hydrogens is 323 g/mol. The number of esters is 1. The molecular formula is C19H17FN2O3. The molecule has 6 heteroatoms. The maximum absolute atomic E-state index is 13.4. The predicted molar refractivity (Wildman–Crippen MR) is 90.5 cm³/mol. The Kier molecular flexibility index (Phi) is 5.09. The van der Waals surface area contributed by atoms with Crippen molar-refractivity contribution in [1.82, 2.24) is 9.78 Å². The first-order valence-electron chi connectivity index (χ1n) is 7.81. The largest absolute Gasteiger partial charge is 0.487 e. The lowest BCUT2D eigenvalue weighted by Crippen LogP contribution is -2.13. The van der Waals surface area contributed by atoms with Gasteiger partial charge in [0.1, 0.15) is 18.8 Å². The van der Waals surface area contributed by atoms with Gasteiger partial charge in [0.2, 0.25) is 0 Å². The van der Waals surface area contributed by atoms with Crippen molar-refractivity contribution in [1.29, 1.82) is 0 Å². The first-order valence-corrected chi connectivity index (χ1v) is 7.81. The van der Waals surface area contributed by atoms with Crippen molar-refractivity contribution < 1.29 is 18.7 Å². The molecule has 3 rings (SSSR count). The van der Waals surface area contributed by atoms with Gasteiger partial charge in [-0.05, 0) is 31.2 Å². The second-order valence-corrected chi connectivity index (χ2v) is 5.31. The minimum Gasteiger partial charge on any atom is -0.487 e. The van der Waals surface area contributed by atoms with Gasteiger partial charge < -0.3 is 9.47 Å². The lowest BCUT2D eigenvalue weighted by molar-refractivity contribution is 0.0447. The number of hydrogen-bond donors (Lipinski definition) is 0. The second-order valence-electron chi connectivity index (χ2n) is 5.31. The Labute approximate surface area is 144 Å². The summed E-state index contributed by atoms with van der Waals surface area (Å²) in [5.74, 6) is -0.808. The monoisotopic (exact) mass is 340 g/mol. The molecule has 0 atom stereocenters. The molecule has 0 spiro atoms. The van der Waals surface area contributed by atoms with Crippen LogP contribution >= 0.6 is 0 Å². The number of hydrogen-bond acceptors (Lipinski definition) is 4. The Balaban J connectivity index is 1.57. The first kappa shape index (κ1) is 16.7. The Morgan fingerprint density at radius 1 is 1.08 bits per heavy atom. The highest BCUT2D eigenvalue weighted by atomic mass is 19.1. The lowest BCUT2D eigenvalue weighted by Gasteiger charge is -2.08. The van der Waals surface area contributed by atoms with E-state index < -0.39 is 11.8 Å². The van der Waals surface area contributed by atoms with Crippen molar-refractivity contribution in [2.24, 2.45) is 0 Å². The molecule has 0 aliphatic heterocycles. The van der Waals surface area contributed by atoms with Crippen LogP contribution in [0.2, 0.25) is 0 Å². The van der Waals surface area contributed by atoms with Crippen molar-refractivity contribution in [3.63, 3.8) is 0 Å². The summed E-state index contributed by atoms with van der Waals surface area (Å²) in [6.45, 7) is 1.88.